The predicted molar refractivity (Wildman–Crippen MR) is 99.4 cm³/mol. The molecule has 3 aromatic carbocycles. The average molecular weight is 398 g/mol. The van der Waals surface area contributed by atoms with Crippen LogP contribution < -0.4 is 5.32 Å². The van der Waals surface area contributed by atoms with Crippen molar-refractivity contribution >= 4 is 34.2 Å². The van der Waals surface area contributed by atoms with Gasteiger partial charge < -0.3 is 5.32 Å². The SMILES string of the molecule is O=C(CN1C(=O)c2cccc3cccc(c23)C1=O)Nc1ccc(C(F)(F)F)cc1. The van der Waals surface area contributed by atoms with E-state index >= 15 is 0 Å². The number of carbonyl (C=O) groups excluding carboxylic acids is 3. The summed E-state index contributed by atoms with van der Waals surface area (Å²) < 4.78 is 37.9. The minimum atomic E-state index is -4.48. The number of rotatable bonds is 3. The summed E-state index contributed by atoms with van der Waals surface area (Å²) in [4.78, 5) is 38.7. The largest absolute Gasteiger partial charge is 0.416 e. The van der Waals surface area contributed by atoms with E-state index in [1.54, 1.807) is 36.4 Å². The molecular formula is C21H13F3N2O3. The molecule has 8 heteroatoms. The molecule has 1 aliphatic rings. The highest BCUT2D eigenvalue weighted by molar-refractivity contribution is 6.26. The van der Waals surface area contributed by atoms with Crippen LogP contribution in [0.25, 0.3) is 10.8 Å². The monoisotopic (exact) mass is 398 g/mol. The summed E-state index contributed by atoms with van der Waals surface area (Å²) >= 11 is 0. The van der Waals surface area contributed by atoms with Gasteiger partial charge >= 0.3 is 6.18 Å². The fourth-order valence-electron chi connectivity index (χ4n) is 3.31. The predicted octanol–water partition coefficient (Wildman–Crippen LogP) is 4.09. The Morgan fingerprint density at radius 1 is 0.862 bits per heavy atom. The van der Waals surface area contributed by atoms with Crippen LogP contribution in [0.4, 0.5) is 18.9 Å². The van der Waals surface area contributed by atoms with Crippen LogP contribution in [0.3, 0.4) is 0 Å². The smallest absolute Gasteiger partial charge is 0.325 e. The number of anilines is 1. The third-order valence-electron chi connectivity index (χ3n) is 4.65. The first kappa shape index (κ1) is 18.7. The van der Waals surface area contributed by atoms with Gasteiger partial charge in [-0.1, -0.05) is 24.3 Å². The Morgan fingerprint density at radius 3 is 1.93 bits per heavy atom. The first-order valence-electron chi connectivity index (χ1n) is 8.61. The van der Waals surface area contributed by atoms with Gasteiger partial charge in [-0.05, 0) is 41.8 Å². The summed E-state index contributed by atoms with van der Waals surface area (Å²) in [6.07, 6.45) is -4.48. The summed E-state index contributed by atoms with van der Waals surface area (Å²) in [5.41, 5.74) is -0.0796. The van der Waals surface area contributed by atoms with Crippen LogP contribution in [0.15, 0.2) is 60.7 Å². The van der Waals surface area contributed by atoms with E-state index < -0.39 is 36.0 Å². The lowest BCUT2D eigenvalue weighted by atomic mass is 9.94. The van der Waals surface area contributed by atoms with Gasteiger partial charge in [0.25, 0.3) is 11.8 Å². The van der Waals surface area contributed by atoms with Crippen molar-refractivity contribution in [3.63, 3.8) is 0 Å². The second-order valence-corrected chi connectivity index (χ2v) is 6.53. The molecule has 29 heavy (non-hydrogen) atoms. The van der Waals surface area contributed by atoms with Crippen LogP contribution in [-0.2, 0) is 11.0 Å². The summed E-state index contributed by atoms with van der Waals surface area (Å²) in [6, 6.07) is 14.0. The third-order valence-corrected chi connectivity index (χ3v) is 4.65. The summed E-state index contributed by atoms with van der Waals surface area (Å²) in [7, 11) is 0. The quantitative estimate of drug-likeness (QED) is 0.676. The van der Waals surface area contributed by atoms with E-state index in [2.05, 4.69) is 5.32 Å². The maximum absolute atomic E-state index is 12.8. The minimum Gasteiger partial charge on any atom is -0.325 e. The fraction of sp³-hybridized carbons (Fsp3) is 0.0952. The standard InChI is InChI=1S/C21H13F3N2O3/c22-21(23,24)13-7-9-14(10-8-13)25-17(27)11-26-19(28)15-5-1-3-12-4-2-6-16(18(12)15)20(26)29/h1-10H,11H2,(H,25,27). The highest BCUT2D eigenvalue weighted by Crippen LogP contribution is 2.31. The zero-order valence-electron chi connectivity index (χ0n) is 14.8. The van der Waals surface area contributed by atoms with Crippen molar-refractivity contribution in [2.45, 2.75) is 6.18 Å². The number of alkyl halides is 3. The van der Waals surface area contributed by atoms with Gasteiger partial charge in [-0.25, -0.2) is 0 Å². The van der Waals surface area contributed by atoms with Crippen LogP contribution in [0.2, 0.25) is 0 Å². The first-order chi connectivity index (χ1) is 13.8. The van der Waals surface area contributed by atoms with Crippen molar-refractivity contribution in [2.75, 3.05) is 11.9 Å². The summed E-state index contributed by atoms with van der Waals surface area (Å²) in [5, 5.41) is 3.70. The molecule has 1 heterocycles. The number of halogens is 3. The highest BCUT2D eigenvalue weighted by atomic mass is 19.4. The van der Waals surface area contributed by atoms with Gasteiger partial charge in [0.15, 0.2) is 0 Å². The molecule has 0 aromatic heterocycles. The molecule has 5 nitrogen and oxygen atoms in total. The van der Waals surface area contributed by atoms with Gasteiger partial charge in [0.1, 0.15) is 6.54 Å². The van der Waals surface area contributed by atoms with E-state index in [1.807, 2.05) is 0 Å². The number of nitrogens with one attached hydrogen (secondary N) is 1. The molecule has 4 rings (SSSR count). The van der Waals surface area contributed by atoms with Crippen molar-refractivity contribution < 1.29 is 27.6 Å². The van der Waals surface area contributed by atoms with Crippen LogP contribution in [0.1, 0.15) is 26.3 Å². The topological polar surface area (TPSA) is 66.5 Å². The molecule has 0 radical (unpaired) electrons. The molecule has 3 amide bonds. The molecule has 1 N–H and O–H groups in total. The van der Waals surface area contributed by atoms with Gasteiger partial charge in [0.2, 0.25) is 5.91 Å². The number of carbonyl (C=O) groups is 3. The number of imide groups is 1. The Balaban J connectivity index is 1.55. The van der Waals surface area contributed by atoms with Crippen molar-refractivity contribution in [3.05, 3.63) is 77.4 Å². The lowest BCUT2D eigenvalue weighted by Gasteiger charge is -2.26. The Kier molecular flexibility index (Phi) is 4.34. The third kappa shape index (κ3) is 3.33. The number of nitrogens with zero attached hydrogens (tertiary/aromatic N) is 1. The Labute approximate surface area is 162 Å². The Hall–Kier alpha value is -3.68. The minimum absolute atomic E-state index is 0.127. The highest BCUT2D eigenvalue weighted by Gasteiger charge is 2.34. The summed E-state index contributed by atoms with van der Waals surface area (Å²) in [6.45, 7) is -0.552. The van der Waals surface area contributed by atoms with Gasteiger partial charge in [-0.2, -0.15) is 13.2 Å². The molecule has 0 unspecified atom stereocenters. The molecule has 0 spiro atoms. The van der Waals surface area contributed by atoms with Gasteiger partial charge in [-0.15, -0.1) is 0 Å². The summed E-state index contributed by atoms with van der Waals surface area (Å²) in [5.74, 6) is -1.89. The molecule has 0 saturated carbocycles. The second-order valence-electron chi connectivity index (χ2n) is 6.53. The van der Waals surface area contributed by atoms with Gasteiger partial charge in [0, 0.05) is 22.2 Å². The maximum Gasteiger partial charge on any atom is 0.416 e. The molecule has 0 fully saturated rings. The first-order valence-corrected chi connectivity index (χ1v) is 8.61. The van der Waals surface area contributed by atoms with E-state index in [0.717, 1.165) is 34.6 Å². The number of hydrogen-bond acceptors (Lipinski definition) is 3. The van der Waals surface area contributed by atoms with Crippen LogP contribution in [-0.4, -0.2) is 29.2 Å². The molecular weight excluding hydrogens is 385 g/mol. The van der Waals surface area contributed by atoms with Crippen molar-refractivity contribution in [1.29, 1.82) is 0 Å². The van der Waals surface area contributed by atoms with E-state index in [-0.39, 0.29) is 5.69 Å². The fourth-order valence-corrected chi connectivity index (χ4v) is 3.31. The van der Waals surface area contributed by atoms with Gasteiger partial charge in [-0.3, -0.25) is 19.3 Å². The Bertz CT molecular complexity index is 1100. The van der Waals surface area contributed by atoms with E-state index in [4.69, 9.17) is 0 Å². The number of benzene rings is 3. The second kappa shape index (κ2) is 6.73. The Morgan fingerprint density at radius 2 is 1.41 bits per heavy atom. The zero-order valence-corrected chi connectivity index (χ0v) is 14.8. The number of amides is 3. The van der Waals surface area contributed by atoms with Crippen LogP contribution in [0.5, 0.6) is 0 Å². The lowest BCUT2D eigenvalue weighted by Crippen LogP contribution is -2.44. The molecule has 1 aliphatic heterocycles. The molecule has 0 bridgehead atoms. The van der Waals surface area contributed by atoms with Gasteiger partial charge in [0.05, 0.1) is 5.56 Å². The zero-order chi connectivity index (χ0) is 20.8. The molecule has 0 saturated heterocycles. The molecule has 0 aliphatic carbocycles. The lowest BCUT2D eigenvalue weighted by molar-refractivity contribution is -0.137. The van der Waals surface area contributed by atoms with E-state index in [0.29, 0.717) is 16.5 Å². The maximum atomic E-state index is 12.8. The number of hydrogen-bond donors (Lipinski definition) is 1. The van der Waals surface area contributed by atoms with Crippen molar-refractivity contribution in [1.82, 2.24) is 4.90 Å². The molecule has 3 aromatic rings. The van der Waals surface area contributed by atoms with E-state index in [1.165, 1.54) is 0 Å². The van der Waals surface area contributed by atoms with Crippen molar-refractivity contribution in [3.8, 4) is 0 Å². The van der Waals surface area contributed by atoms with Crippen LogP contribution >= 0.6 is 0 Å². The normalized spacial score (nSPS) is 13.7. The van der Waals surface area contributed by atoms with Crippen molar-refractivity contribution in [2.24, 2.45) is 0 Å². The molecule has 0 atom stereocenters. The molecule has 146 valence electrons. The van der Waals surface area contributed by atoms with E-state index in [9.17, 15) is 27.6 Å². The average Bonchev–Trinajstić information content (AvgIpc) is 2.69. The van der Waals surface area contributed by atoms with Crippen LogP contribution in [0, 0.1) is 0 Å².